The molecular formula is C23H23N3O6S. The van der Waals surface area contributed by atoms with Crippen LogP contribution in [0.2, 0.25) is 0 Å². The predicted octanol–water partition coefficient (Wildman–Crippen LogP) is 4.67. The Labute approximate surface area is 191 Å². The summed E-state index contributed by atoms with van der Waals surface area (Å²) < 4.78 is 33.1. The van der Waals surface area contributed by atoms with E-state index >= 15 is 0 Å². The van der Waals surface area contributed by atoms with E-state index in [0.29, 0.717) is 5.75 Å². The summed E-state index contributed by atoms with van der Waals surface area (Å²) in [5.74, 6) is 0.0650. The third-order valence-electron chi connectivity index (χ3n) is 4.83. The molecule has 0 fully saturated rings. The van der Waals surface area contributed by atoms with Gasteiger partial charge in [0.05, 0.1) is 15.5 Å². The van der Waals surface area contributed by atoms with E-state index in [1.54, 1.807) is 38.1 Å². The molecule has 0 aliphatic carbocycles. The quantitative estimate of drug-likeness (QED) is 0.359. The zero-order valence-corrected chi connectivity index (χ0v) is 18.9. The molecule has 0 saturated heterocycles. The number of amides is 1. The Kier molecular flexibility index (Phi) is 7.41. The second kappa shape index (κ2) is 10.2. The van der Waals surface area contributed by atoms with Crippen LogP contribution in [0.25, 0.3) is 0 Å². The third kappa shape index (κ3) is 5.54. The summed E-state index contributed by atoms with van der Waals surface area (Å²) in [6, 6.07) is 18.2. The number of para-hydroxylation sites is 1. The lowest BCUT2D eigenvalue weighted by Crippen LogP contribution is -2.30. The van der Waals surface area contributed by atoms with Crippen LogP contribution in [0.5, 0.6) is 11.5 Å². The van der Waals surface area contributed by atoms with E-state index in [2.05, 4.69) is 5.32 Å². The van der Waals surface area contributed by atoms with Gasteiger partial charge in [-0.25, -0.2) is 8.42 Å². The van der Waals surface area contributed by atoms with Gasteiger partial charge in [-0.15, -0.1) is 0 Å². The van der Waals surface area contributed by atoms with Crippen LogP contribution in [0.4, 0.5) is 11.4 Å². The van der Waals surface area contributed by atoms with Gasteiger partial charge >= 0.3 is 0 Å². The van der Waals surface area contributed by atoms with Gasteiger partial charge in [0.25, 0.3) is 11.6 Å². The number of non-ortho nitro benzene ring substituents is 1. The molecule has 3 aromatic carbocycles. The highest BCUT2D eigenvalue weighted by molar-refractivity contribution is 7.89. The van der Waals surface area contributed by atoms with E-state index in [0.717, 1.165) is 6.07 Å². The number of hydrogen-bond donors (Lipinski definition) is 1. The largest absolute Gasteiger partial charge is 0.455 e. The summed E-state index contributed by atoms with van der Waals surface area (Å²) in [6.45, 7) is 4.05. The number of rotatable bonds is 9. The molecule has 0 bridgehead atoms. The lowest BCUT2D eigenvalue weighted by molar-refractivity contribution is -0.384. The number of ether oxygens (including phenoxy) is 1. The summed E-state index contributed by atoms with van der Waals surface area (Å²) >= 11 is 0. The lowest BCUT2D eigenvalue weighted by atomic mass is 10.2. The predicted molar refractivity (Wildman–Crippen MR) is 124 cm³/mol. The summed E-state index contributed by atoms with van der Waals surface area (Å²) in [6.07, 6.45) is 0. The van der Waals surface area contributed by atoms with Crippen molar-refractivity contribution >= 4 is 27.3 Å². The molecule has 172 valence electrons. The first-order valence-electron chi connectivity index (χ1n) is 10.2. The molecule has 0 heterocycles. The van der Waals surface area contributed by atoms with Gasteiger partial charge in [-0.1, -0.05) is 38.1 Å². The van der Waals surface area contributed by atoms with E-state index in [1.807, 2.05) is 6.07 Å². The molecule has 0 radical (unpaired) electrons. The minimum Gasteiger partial charge on any atom is -0.455 e. The molecule has 0 aromatic heterocycles. The van der Waals surface area contributed by atoms with Crippen LogP contribution < -0.4 is 10.1 Å². The van der Waals surface area contributed by atoms with Crippen LogP contribution in [-0.4, -0.2) is 36.6 Å². The van der Waals surface area contributed by atoms with Gasteiger partial charge in [0.2, 0.25) is 10.0 Å². The SMILES string of the molecule is CCN(CC)S(=O)(=O)c1ccc(Oc2ccccc2)c(NC(=O)c2cccc([N+](=O)[O-])c2)c1. The molecule has 0 aliphatic rings. The zero-order valence-electron chi connectivity index (χ0n) is 18.1. The molecule has 0 unspecified atom stereocenters. The van der Waals surface area contributed by atoms with Gasteiger partial charge < -0.3 is 10.1 Å². The normalized spacial score (nSPS) is 11.2. The highest BCUT2D eigenvalue weighted by atomic mass is 32.2. The average Bonchev–Trinajstić information content (AvgIpc) is 2.81. The number of carbonyl (C=O) groups is 1. The number of nitrogens with zero attached hydrogens (tertiary/aromatic N) is 2. The van der Waals surface area contributed by atoms with E-state index in [1.165, 1.54) is 40.7 Å². The molecule has 0 saturated carbocycles. The standard InChI is InChI=1S/C23H23N3O6S/c1-3-25(4-2)33(30,31)20-13-14-22(32-19-11-6-5-7-12-19)21(16-20)24-23(27)17-9-8-10-18(15-17)26(28)29/h5-16H,3-4H2,1-2H3,(H,24,27). The summed E-state index contributed by atoms with van der Waals surface area (Å²) in [7, 11) is -3.79. The van der Waals surface area contributed by atoms with Gasteiger partial charge in [-0.2, -0.15) is 4.31 Å². The molecule has 3 aromatic rings. The van der Waals surface area contributed by atoms with E-state index in [9.17, 15) is 23.3 Å². The second-order valence-corrected chi connectivity index (χ2v) is 8.86. The first-order valence-corrected chi connectivity index (χ1v) is 11.6. The number of anilines is 1. The Morgan fingerprint density at radius 1 is 1.00 bits per heavy atom. The van der Waals surface area contributed by atoms with Gasteiger partial charge in [0, 0.05) is 30.8 Å². The maximum atomic E-state index is 13.0. The molecule has 0 aliphatic heterocycles. The van der Waals surface area contributed by atoms with Crippen molar-refractivity contribution in [2.24, 2.45) is 0 Å². The van der Waals surface area contributed by atoms with Crippen LogP contribution in [0.1, 0.15) is 24.2 Å². The van der Waals surface area contributed by atoms with Crippen LogP contribution in [-0.2, 0) is 10.0 Å². The first kappa shape index (κ1) is 23.9. The van der Waals surface area contributed by atoms with Crippen molar-refractivity contribution in [1.82, 2.24) is 4.31 Å². The summed E-state index contributed by atoms with van der Waals surface area (Å²) in [5, 5.41) is 13.7. The Balaban J connectivity index is 2.02. The average molecular weight is 470 g/mol. The van der Waals surface area contributed by atoms with Crippen molar-refractivity contribution in [3.63, 3.8) is 0 Å². The van der Waals surface area contributed by atoms with E-state index in [4.69, 9.17) is 4.74 Å². The topological polar surface area (TPSA) is 119 Å². The molecule has 3 rings (SSSR count). The Hall–Kier alpha value is -3.76. The van der Waals surface area contributed by atoms with Gasteiger partial charge in [0.1, 0.15) is 5.75 Å². The molecule has 10 heteroatoms. The third-order valence-corrected chi connectivity index (χ3v) is 6.88. The number of nitro benzene ring substituents is 1. The maximum absolute atomic E-state index is 13.0. The fraction of sp³-hybridized carbons (Fsp3) is 0.174. The maximum Gasteiger partial charge on any atom is 0.270 e. The van der Waals surface area contributed by atoms with Crippen LogP contribution >= 0.6 is 0 Å². The van der Waals surface area contributed by atoms with Gasteiger partial charge in [0.15, 0.2) is 5.75 Å². The smallest absolute Gasteiger partial charge is 0.270 e. The van der Waals surface area contributed by atoms with Gasteiger partial charge in [-0.3, -0.25) is 14.9 Å². The number of hydrogen-bond acceptors (Lipinski definition) is 6. The van der Waals surface area contributed by atoms with Crippen molar-refractivity contribution in [2.45, 2.75) is 18.7 Å². The fourth-order valence-electron chi connectivity index (χ4n) is 3.14. The molecule has 1 N–H and O–H groups in total. The number of benzene rings is 3. The Morgan fingerprint density at radius 3 is 2.33 bits per heavy atom. The van der Waals surface area contributed by atoms with Crippen LogP contribution in [0, 0.1) is 10.1 Å². The van der Waals surface area contributed by atoms with Crippen molar-refractivity contribution in [3.05, 3.63) is 88.5 Å². The number of nitro groups is 1. The molecule has 0 spiro atoms. The van der Waals surface area contributed by atoms with Crippen molar-refractivity contribution < 1.29 is 22.9 Å². The van der Waals surface area contributed by atoms with Gasteiger partial charge in [-0.05, 0) is 36.4 Å². The Morgan fingerprint density at radius 2 is 1.70 bits per heavy atom. The van der Waals surface area contributed by atoms with E-state index < -0.39 is 20.9 Å². The highest BCUT2D eigenvalue weighted by Gasteiger charge is 2.24. The van der Waals surface area contributed by atoms with Crippen molar-refractivity contribution in [2.75, 3.05) is 18.4 Å². The van der Waals surface area contributed by atoms with E-state index in [-0.39, 0.29) is 40.7 Å². The zero-order chi connectivity index (χ0) is 24.0. The second-order valence-electron chi connectivity index (χ2n) is 6.92. The highest BCUT2D eigenvalue weighted by Crippen LogP contribution is 2.33. The minimum absolute atomic E-state index is 0.0130. The lowest BCUT2D eigenvalue weighted by Gasteiger charge is -2.20. The minimum atomic E-state index is -3.79. The number of sulfonamides is 1. The molecule has 9 nitrogen and oxygen atoms in total. The van der Waals surface area contributed by atoms with Crippen LogP contribution in [0.3, 0.4) is 0 Å². The Bertz CT molecular complexity index is 1260. The van der Waals surface area contributed by atoms with Crippen LogP contribution in [0.15, 0.2) is 77.7 Å². The molecule has 0 atom stereocenters. The van der Waals surface area contributed by atoms with Crippen molar-refractivity contribution in [3.8, 4) is 11.5 Å². The monoisotopic (exact) mass is 469 g/mol. The number of carbonyl (C=O) groups excluding carboxylic acids is 1. The summed E-state index contributed by atoms with van der Waals surface area (Å²) in [5.41, 5.74) is -0.0725. The molecule has 33 heavy (non-hydrogen) atoms. The fourth-order valence-corrected chi connectivity index (χ4v) is 4.62. The summed E-state index contributed by atoms with van der Waals surface area (Å²) in [4.78, 5) is 23.3. The first-order chi connectivity index (χ1) is 15.8. The number of nitrogens with one attached hydrogen (secondary N) is 1. The van der Waals surface area contributed by atoms with Crippen molar-refractivity contribution in [1.29, 1.82) is 0 Å². The molecule has 1 amide bonds. The molecular weight excluding hydrogens is 446 g/mol.